The van der Waals surface area contributed by atoms with Gasteiger partial charge >= 0.3 is 0 Å². The van der Waals surface area contributed by atoms with Gasteiger partial charge in [-0.25, -0.2) is 0 Å². The highest BCUT2D eigenvalue weighted by Gasteiger charge is 1.98. The van der Waals surface area contributed by atoms with E-state index in [4.69, 9.17) is 23.2 Å². The standard InChI is InChI=1S/C8H6Cl2OS/c9-7-3-1-6(2-4-7)5-12-8(10)11/h1-4H,5H2. The molecule has 1 aromatic carbocycles. The Hall–Kier alpha value is -0.180. The van der Waals surface area contributed by atoms with Crippen LogP contribution in [-0.2, 0) is 5.75 Å². The topological polar surface area (TPSA) is 17.1 Å². The molecule has 0 bridgehead atoms. The second-order valence-corrected chi connectivity index (χ2v) is 4.10. The van der Waals surface area contributed by atoms with E-state index in [1.54, 1.807) is 12.1 Å². The van der Waals surface area contributed by atoms with Crippen LogP contribution in [-0.4, -0.2) is 4.57 Å². The maximum Gasteiger partial charge on any atom is 0.279 e. The molecule has 0 aliphatic heterocycles. The molecule has 1 rings (SSSR count). The molecule has 0 heterocycles. The molecule has 0 radical (unpaired) electrons. The first-order valence-electron chi connectivity index (χ1n) is 3.25. The normalized spacial score (nSPS) is 9.83. The van der Waals surface area contributed by atoms with Crippen molar-refractivity contribution >= 4 is 39.5 Å². The van der Waals surface area contributed by atoms with Gasteiger partial charge in [-0.2, -0.15) is 0 Å². The van der Waals surface area contributed by atoms with Crippen molar-refractivity contribution < 1.29 is 4.79 Å². The first-order valence-corrected chi connectivity index (χ1v) is 4.99. The molecule has 0 unspecified atom stereocenters. The number of rotatable bonds is 2. The lowest BCUT2D eigenvalue weighted by molar-refractivity contribution is 0.276. The Morgan fingerprint density at radius 2 is 1.92 bits per heavy atom. The highest BCUT2D eigenvalue weighted by molar-refractivity contribution is 8.15. The van der Waals surface area contributed by atoms with Crippen LogP contribution in [0.2, 0.25) is 5.02 Å². The molecule has 0 aromatic heterocycles. The van der Waals surface area contributed by atoms with E-state index in [0.29, 0.717) is 10.8 Å². The Balaban J connectivity index is 2.53. The summed E-state index contributed by atoms with van der Waals surface area (Å²) in [6, 6.07) is 7.32. The number of halogens is 2. The summed E-state index contributed by atoms with van der Waals surface area (Å²) in [5.74, 6) is 0.597. The molecule has 0 atom stereocenters. The van der Waals surface area contributed by atoms with E-state index in [2.05, 4.69) is 0 Å². The van der Waals surface area contributed by atoms with Crippen LogP contribution >= 0.6 is 35.0 Å². The number of carbonyl (C=O) groups excluding carboxylic acids is 1. The average Bonchev–Trinajstić information content (AvgIpc) is 2.03. The molecule has 4 heteroatoms. The predicted molar refractivity (Wildman–Crippen MR) is 54.0 cm³/mol. The van der Waals surface area contributed by atoms with Crippen LogP contribution in [0.1, 0.15) is 5.56 Å². The molecule has 1 nitrogen and oxygen atoms in total. The van der Waals surface area contributed by atoms with Gasteiger partial charge in [0, 0.05) is 10.8 Å². The van der Waals surface area contributed by atoms with Crippen molar-refractivity contribution in [1.82, 2.24) is 0 Å². The van der Waals surface area contributed by atoms with Gasteiger partial charge in [0.1, 0.15) is 0 Å². The van der Waals surface area contributed by atoms with Gasteiger partial charge in [0.05, 0.1) is 0 Å². The first-order chi connectivity index (χ1) is 5.68. The minimum Gasteiger partial charge on any atom is -0.268 e. The summed E-state index contributed by atoms with van der Waals surface area (Å²) in [4.78, 5) is 10.4. The Morgan fingerprint density at radius 3 is 2.42 bits per heavy atom. The van der Waals surface area contributed by atoms with Crippen molar-refractivity contribution in [3.63, 3.8) is 0 Å². The molecular formula is C8H6Cl2OS. The maximum absolute atomic E-state index is 10.4. The smallest absolute Gasteiger partial charge is 0.268 e. The molecule has 0 amide bonds. The first kappa shape index (κ1) is 9.90. The highest BCUT2D eigenvalue weighted by atomic mass is 35.5. The van der Waals surface area contributed by atoms with E-state index in [1.807, 2.05) is 12.1 Å². The van der Waals surface area contributed by atoms with Crippen molar-refractivity contribution in [2.75, 3.05) is 0 Å². The van der Waals surface area contributed by atoms with Crippen LogP contribution in [0, 0.1) is 0 Å². The molecule has 1 aromatic rings. The van der Waals surface area contributed by atoms with E-state index in [0.717, 1.165) is 17.3 Å². The second kappa shape index (κ2) is 4.75. The van der Waals surface area contributed by atoms with Crippen molar-refractivity contribution in [3.05, 3.63) is 34.9 Å². The number of hydrogen-bond acceptors (Lipinski definition) is 2. The van der Waals surface area contributed by atoms with Crippen molar-refractivity contribution in [2.24, 2.45) is 0 Å². The number of benzene rings is 1. The lowest BCUT2D eigenvalue weighted by atomic mass is 10.2. The van der Waals surface area contributed by atoms with Crippen LogP contribution in [0.25, 0.3) is 0 Å². The fraction of sp³-hybridized carbons (Fsp3) is 0.125. The van der Waals surface area contributed by atoms with Crippen molar-refractivity contribution in [3.8, 4) is 0 Å². The molecule has 0 aliphatic carbocycles. The van der Waals surface area contributed by atoms with Crippen molar-refractivity contribution in [1.29, 1.82) is 0 Å². The van der Waals surface area contributed by atoms with Crippen molar-refractivity contribution in [2.45, 2.75) is 5.75 Å². The van der Waals surface area contributed by atoms with Crippen LogP contribution in [0.4, 0.5) is 4.79 Å². The minimum absolute atomic E-state index is 0.384. The Morgan fingerprint density at radius 1 is 1.33 bits per heavy atom. The third-order valence-electron chi connectivity index (χ3n) is 1.27. The highest BCUT2D eigenvalue weighted by Crippen LogP contribution is 2.17. The summed E-state index contributed by atoms with van der Waals surface area (Å²) in [6.07, 6.45) is 0. The lowest BCUT2D eigenvalue weighted by Crippen LogP contribution is -1.81. The summed E-state index contributed by atoms with van der Waals surface area (Å²) >= 11 is 11.9. The Labute approximate surface area is 85.1 Å². The molecule has 0 aliphatic rings. The van der Waals surface area contributed by atoms with Gasteiger partial charge in [-0.1, -0.05) is 35.5 Å². The van der Waals surface area contributed by atoms with E-state index in [1.165, 1.54) is 0 Å². The van der Waals surface area contributed by atoms with Gasteiger partial charge in [0.2, 0.25) is 0 Å². The average molecular weight is 221 g/mol. The maximum atomic E-state index is 10.4. The minimum atomic E-state index is -0.384. The number of carbonyl (C=O) groups is 1. The quantitative estimate of drug-likeness (QED) is 0.703. The van der Waals surface area contributed by atoms with Gasteiger partial charge in [0.25, 0.3) is 4.57 Å². The SMILES string of the molecule is O=C(Cl)SCc1ccc(Cl)cc1. The van der Waals surface area contributed by atoms with E-state index in [9.17, 15) is 4.79 Å². The zero-order valence-electron chi connectivity index (χ0n) is 6.09. The summed E-state index contributed by atoms with van der Waals surface area (Å²) in [6.45, 7) is 0. The fourth-order valence-electron chi connectivity index (χ4n) is 0.721. The molecule has 0 saturated carbocycles. The zero-order valence-corrected chi connectivity index (χ0v) is 8.42. The van der Waals surface area contributed by atoms with E-state index >= 15 is 0 Å². The molecular weight excluding hydrogens is 215 g/mol. The molecule has 12 heavy (non-hydrogen) atoms. The van der Waals surface area contributed by atoms with Crippen LogP contribution in [0.5, 0.6) is 0 Å². The molecule has 0 spiro atoms. The van der Waals surface area contributed by atoms with Crippen LogP contribution in [0.15, 0.2) is 24.3 Å². The van der Waals surface area contributed by atoms with E-state index < -0.39 is 0 Å². The third-order valence-corrected chi connectivity index (χ3v) is 2.55. The van der Waals surface area contributed by atoms with Gasteiger partial charge in [-0.05, 0) is 29.3 Å². The summed E-state index contributed by atoms with van der Waals surface area (Å²) in [5.41, 5.74) is 1.04. The number of thioether (sulfide) groups is 1. The molecule has 0 N–H and O–H groups in total. The summed E-state index contributed by atoms with van der Waals surface area (Å²) < 4.78 is -0.384. The summed E-state index contributed by atoms with van der Waals surface area (Å²) in [7, 11) is 0. The zero-order chi connectivity index (χ0) is 8.97. The lowest BCUT2D eigenvalue weighted by Gasteiger charge is -1.96. The molecule has 0 saturated heterocycles. The number of hydrogen-bond donors (Lipinski definition) is 0. The van der Waals surface area contributed by atoms with Gasteiger partial charge in [0.15, 0.2) is 0 Å². The van der Waals surface area contributed by atoms with Gasteiger partial charge in [-0.3, -0.25) is 4.79 Å². The third kappa shape index (κ3) is 3.48. The monoisotopic (exact) mass is 220 g/mol. The Bertz CT molecular complexity index is 271. The molecule has 64 valence electrons. The van der Waals surface area contributed by atoms with E-state index in [-0.39, 0.29) is 4.57 Å². The molecule has 0 fully saturated rings. The van der Waals surface area contributed by atoms with Gasteiger partial charge in [-0.15, -0.1) is 0 Å². The second-order valence-electron chi connectivity index (χ2n) is 2.15. The predicted octanol–water partition coefficient (Wildman–Crippen LogP) is 3.93. The summed E-state index contributed by atoms with van der Waals surface area (Å²) in [5, 5.41) is 0.695. The van der Waals surface area contributed by atoms with Gasteiger partial charge < -0.3 is 0 Å². The largest absolute Gasteiger partial charge is 0.279 e. The van der Waals surface area contributed by atoms with Crippen LogP contribution < -0.4 is 0 Å². The Kier molecular flexibility index (Phi) is 3.92. The fourth-order valence-corrected chi connectivity index (χ4v) is 1.48. The van der Waals surface area contributed by atoms with Crippen LogP contribution in [0.3, 0.4) is 0 Å².